The molecule has 0 amide bonds. The van der Waals surface area contributed by atoms with E-state index in [1.807, 2.05) is 30.3 Å². The fourth-order valence-electron chi connectivity index (χ4n) is 5.92. The molecule has 3 aromatic carbocycles. The van der Waals surface area contributed by atoms with E-state index in [0.29, 0.717) is 24.1 Å². The lowest BCUT2D eigenvalue weighted by molar-refractivity contribution is 0.209. The predicted molar refractivity (Wildman–Crippen MR) is 161 cm³/mol. The fraction of sp³-hybridized carbons (Fsp3) is 0.364. The van der Waals surface area contributed by atoms with Crippen LogP contribution in [0.1, 0.15) is 43.0 Å². The minimum atomic E-state index is -0.139. The SMILES string of the molecule is COc1cc(OC)c2c(c1)OCCC1=C2NC(c2ccccc2)=NC1c1ccc(N2CCN(C(C)C)CC2)cc1. The van der Waals surface area contributed by atoms with Crippen molar-refractivity contribution in [1.82, 2.24) is 10.2 Å². The minimum absolute atomic E-state index is 0.139. The topological polar surface area (TPSA) is 58.6 Å². The van der Waals surface area contributed by atoms with Gasteiger partial charge in [-0.05, 0) is 37.1 Å². The van der Waals surface area contributed by atoms with E-state index in [1.165, 1.54) is 16.8 Å². The Labute approximate surface area is 237 Å². The van der Waals surface area contributed by atoms with Crippen LogP contribution in [0.5, 0.6) is 17.2 Å². The van der Waals surface area contributed by atoms with E-state index < -0.39 is 0 Å². The molecule has 1 N–H and O–H groups in total. The zero-order valence-corrected chi connectivity index (χ0v) is 23.8. The van der Waals surface area contributed by atoms with Crippen LogP contribution < -0.4 is 24.4 Å². The fourth-order valence-corrected chi connectivity index (χ4v) is 5.92. The van der Waals surface area contributed by atoms with Gasteiger partial charge in [-0.25, -0.2) is 0 Å². The smallest absolute Gasteiger partial charge is 0.136 e. The number of piperazine rings is 1. The van der Waals surface area contributed by atoms with Crippen LogP contribution in [0.15, 0.2) is 77.3 Å². The van der Waals surface area contributed by atoms with Gasteiger partial charge in [0.05, 0.1) is 32.1 Å². The van der Waals surface area contributed by atoms with Crippen LogP contribution in [0, 0.1) is 0 Å². The molecular formula is C33H38N4O3. The molecule has 0 aliphatic carbocycles. The summed E-state index contributed by atoms with van der Waals surface area (Å²) in [6, 6.07) is 23.6. The Hall–Kier alpha value is -3.97. The Balaban J connectivity index is 1.40. The third-order valence-corrected chi connectivity index (χ3v) is 8.19. The summed E-state index contributed by atoms with van der Waals surface area (Å²) >= 11 is 0. The van der Waals surface area contributed by atoms with E-state index in [4.69, 9.17) is 19.2 Å². The highest BCUT2D eigenvalue weighted by Crippen LogP contribution is 2.46. The highest BCUT2D eigenvalue weighted by molar-refractivity contribution is 6.06. The van der Waals surface area contributed by atoms with E-state index in [2.05, 4.69) is 65.4 Å². The number of rotatable bonds is 6. The molecule has 7 nitrogen and oxygen atoms in total. The highest BCUT2D eigenvalue weighted by atomic mass is 16.5. The van der Waals surface area contributed by atoms with Crippen molar-refractivity contribution in [2.75, 3.05) is 51.9 Å². The minimum Gasteiger partial charge on any atom is -0.496 e. The van der Waals surface area contributed by atoms with Gasteiger partial charge in [-0.15, -0.1) is 0 Å². The quantitative estimate of drug-likeness (QED) is 0.446. The van der Waals surface area contributed by atoms with E-state index in [0.717, 1.165) is 61.0 Å². The van der Waals surface area contributed by atoms with Crippen molar-refractivity contribution >= 4 is 17.2 Å². The number of nitrogens with one attached hydrogen (secondary N) is 1. The predicted octanol–water partition coefficient (Wildman–Crippen LogP) is 5.52. The van der Waals surface area contributed by atoms with Gasteiger partial charge >= 0.3 is 0 Å². The molecule has 1 saturated heterocycles. The number of fused-ring (bicyclic) bond motifs is 2. The van der Waals surface area contributed by atoms with Crippen LogP contribution in [-0.2, 0) is 0 Å². The number of nitrogens with zero attached hydrogens (tertiary/aromatic N) is 3. The van der Waals surface area contributed by atoms with Gasteiger partial charge < -0.3 is 24.4 Å². The van der Waals surface area contributed by atoms with Gasteiger partial charge in [0.2, 0.25) is 0 Å². The number of aliphatic imine (C=N–C) groups is 1. The second-order valence-electron chi connectivity index (χ2n) is 10.8. The molecule has 3 aliphatic rings. The summed E-state index contributed by atoms with van der Waals surface area (Å²) in [6.07, 6.45) is 0.748. The van der Waals surface area contributed by atoms with Crippen LogP contribution in [0.4, 0.5) is 5.69 Å². The maximum atomic E-state index is 6.27. The first-order chi connectivity index (χ1) is 19.6. The van der Waals surface area contributed by atoms with Gasteiger partial charge in [-0.3, -0.25) is 9.89 Å². The zero-order chi connectivity index (χ0) is 27.6. The average Bonchev–Trinajstić information content (AvgIpc) is 3.20. The van der Waals surface area contributed by atoms with Gasteiger partial charge in [0.25, 0.3) is 0 Å². The second-order valence-corrected chi connectivity index (χ2v) is 10.8. The molecule has 0 radical (unpaired) electrons. The monoisotopic (exact) mass is 538 g/mol. The molecule has 0 saturated carbocycles. The standard InChI is InChI=1S/C33H38N4O3/c1-22(2)36-15-17-37(18-16-36)25-12-10-23(11-13-25)31-27-14-19-40-29-21-26(38-3)20-28(39-4)30(29)32(27)35-33(34-31)24-8-6-5-7-9-24/h5-13,20-22,31H,14-19H2,1-4H3,(H,34,35). The lowest BCUT2D eigenvalue weighted by atomic mass is 9.90. The molecule has 7 heteroatoms. The van der Waals surface area contributed by atoms with Crippen molar-refractivity contribution in [1.29, 1.82) is 0 Å². The molecule has 40 heavy (non-hydrogen) atoms. The van der Waals surface area contributed by atoms with Crippen LogP contribution in [0.25, 0.3) is 5.70 Å². The van der Waals surface area contributed by atoms with Gasteiger partial charge in [-0.1, -0.05) is 42.5 Å². The van der Waals surface area contributed by atoms with Crippen molar-refractivity contribution in [3.63, 3.8) is 0 Å². The van der Waals surface area contributed by atoms with Crippen molar-refractivity contribution in [2.45, 2.75) is 32.4 Å². The summed E-state index contributed by atoms with van der Waals surface area (Å²) in [4.78, 5) is 10.3. The largest absolute Gasteiger partial charge is 0.496 e. The first-order valence-electron chi connectivity index (χ1n) is 14.2. The number of hydrogen-bond donors (Lipinski definition) is 1. The van der Waals surface area contributed by atoms with Gasteiger partial charge in [0.15, 0.2) is 0 Å². The van der Waals surface area contributed by atoms with Gasteiger partial charge in [0, 0.05) is 62.0 Å². The molecule has 0 aromatic heterocycles. The number of benzene rings is 3. The van der Waals surface area contributed by atoms with Crippen LogP contribution in [0.3, 0.4) is 0 Å². The van der Waals surface area contributed by atoms with Crippen LogP contribution in [0.2, 0.25) is 0 Å². The van der Waals surface area contributed by atoms with Crippen molar-refractivity contribution in [3.05, 3.63) is 89.0 Å². The molecule has 1 unspecified atom stereocenters. The number of anilines is 1. The number of amidine groups is 1. The van der Waals surface area contributed by atoms with E-state index in [9.17, 15) is 0 Å². The molecule has 6 rings (SSSR count). The summed E-state index contributed by atoms with van der Waals surface area (Å²) < 4.78 is 17.7. The van der Waals surface area contributed by atoms with E-state index in [1.54, 1.807) is 14.2 Å². The molecular weight excluding hydrogens is 500 g/mol. The lowest BCUT2D eigenvalue weighted by Crippen LogP contribution is -2.48. The molecule has 0 bridgehead atoms. The average molecular weight is 539 g/mol. The second kappa shape index (κ2) is 11.3. The normalized spacial score (nSPS) is 19.2. The van der Waals surface area contributed by atoms with Crippen molar-refractivity contribution in [3.8, 4) is 17.2 Å². The summed E-state index contributed by atoms with van der Waals surface area (Å²) in [6.45, 7) is 9.40. The Kier molecular flexibility index (Phi) is 7.39. The Bertz CT molecular complexity index is 1410. The molecule has 3 heterocycles. The van der Waals surface area contributed by atoms with Gasteiger partial charge in [0.1, 0.15) is 29.1 Å². The number of ether oxygens (including phenoxy) is 3. The van der Waals surface area contributed by atoms with Gasteiger partial charge in [-0.2, -0.15) is 0 Å². The molecule has 208 valence electrons. The molecule has 1 atom stereocenters. The molecule has 1 fully saturated rings. The third kappa shape index (κ3) is 5.02. The summed E-state index contributed by atoms with van der Waals surface area (Å²) in [5.74, 6) is 3.00. The highest BCUT2D eigenvalue weighted by Gasteiger charge is 2.33. The van der Waals surface area contributed by atoms with E-state index in [-0.39, 0.29) is 6.04 Å². The molecule has 3 aromatic rings. The summed E-state index contributed by atoms with van der Waals surface area (Å²) in [5.41, 5.74) is 6.58. The van der Waals surface area contributed by atoms with Crippen LogP contribution in [-0.4, -0.2) is 63.8 Å². The molecule has 0 spiro atoms. The lowest BCUT2D eigenvalue weighted by Gasteiger charge is -2.38. The Morgan fingerprint density at radius 3 is 2.35 bits per heavy atom. The van der Waals surface area contributed by atoms with Crippen molar-refractivity contribution < 1.29 is 14.2 Å². The summed E-state index contributed by atoms with van der Waals surface area (Å²) in [7, 11) is 3.35. The van der Waals surface area contributed by atoms with E-state index >= 15 is 0 Å². The Morgan fingerprint density at radius 1 is 0.925 bits per heavy atom. The molecule has 3 aliphatic heterocycles. The first kappa shape index (κ1) is 26.3. The van der Waals surface area contributed by atoms with Crippen LogP contribution >= 0.6 is 0 Å². The maximum Gasteiger partial charge on any atom is 0.136 e. The third-order valence-electron chi connectivity index (χ3n) is 8.19. The number of hydrogen-bond acceptors (Lipinski definition) is 7. The van der Waals surface area contributed by atoms with Crippen molar-refractivity contribution in [2.24, 2.45) is 4.99 Å². The zero-order valence-electron chi connectivity index (χ0n) is 23.8. The number of methoxy groups -OCH3 is 2. The summed E-state index contributed by atoms with van der Waals surface area (Å²) in [5, 5.41) is 3.67. The first-order valence-corrected chi connectivity index (χ1v) is 14.2. The maximum absolute atomic E-state index is 6.27. The Morgan fingerprint density at radius 2 is 1.68 bits per heavy atom.